The Hall–Kier alpha value is -0.570. The van der Waals surface area contributed by atoms with E-state index in [0.717, 1.165) is 25.9 Å². The van der Waals surface area contributed by atoms with Gasteiger partial charge in [-0.3, -0.25) is 4.79 Å². The highest BCUT2D eigenvalue weighted by atomic mass is 16.2. The number of rotatable bonds is 2. The summed E-state index contributed by atoms with van der Waals surface area (Å²) in [6.07, 6.45) is 4.58. The molecule has 104 valence electrons. The van der Waals surface area contributed by atoms with Crippen LogP contribution in [0.5, 0.6) is 0 Å². The van der Waals surface area contributed by atoms with Crippen LogP contribution in [0.15, 0.2) is 0 Å². The third kappa shape index (κ3) is 2.56. The number of nitrogens with two attached hydrogens (primary N) is 1. The van der Waals surface area contributed by atoms with Gasteiger partial charge < -0.3 is 10.6 Å². The molecule has 0 bridgehead atoms. The SMILES string of the molecule is CC1CCN(C(=O)C2CCCC2(C)C)CC1CN. The zero-order valence-corrected chi connectivity index (χ0v) is 12.1. The largest absolute Gasteiger partial charge is 0.342 e. The molecular weight excluding hydrogens is 224 g/mol. The van der Waals surface area contributed by atoms with Crippen LogP contribution < -0.4 is 5.73 Å². The van der Waals surface area contributed by atoms with Gasteiger partial charge in [0.25, 0.3) is 0 Å². The summed E-state index contributed by atoms with van der Waals surface area (Å²) in [6.45, 7) is 9.27. The molecule has 1 heterocycles. The molecule has 1 saturated heterocycles. The maximum atomic E-state index is 12.7. The normalized spacial score (nSPS) is 35.8. The fourth-order valence-corrected chi connectivity index (χ4v) is 3.66. The summed E-state index contributed by atoms with van der Waals surface area (Å²) in [4.78, 5) is 14.8. The molecular formula is C15H28N2O. The van der Waals surface area contributed by atoms with E-state index in [2.05, 4.69) is 25.7 Å². The minimum atomic E-state index is 0.193. The summed E-state index contributed by atoms with van der Waals surface area (Å²) in [7, 11) is 0. The molecule has 0 aromatic heterocycles. The number of likely N-dealkylation sites (tertiary alicyclic amines) is 1. The van der Waals surface area contributed by atoms with Crippen LogP contribution in [0, 0.1) is 23.2 Å². The molecule has 0 radical (unpaired) electrons. The maximum absolute atomic E-state index is 12.7. The van der Waals surface area contributed by atoms with E-state index in [4.69, 9.17) is 5.73 Å². The summed E-state index contributed by atoms with van der Waals surface area (Å²) >= 11 is 0. The molecule has 1 aliphatic heterocycles. The molecule has 0 aromatic carbocycles. The van der Waals surface area contributed by atoms with Crippen molar-refractivity contribution < 1.29 is 4.79 Å². The quantitative estimate of drug-likeness (QED) is 0.819. The zero-order valence-electron chi connectivity index (χ0n) is 12.1. The average Bonchev–Trinajstić information content (AvgIpc) is 2.68. The standard InChI is InChI=1S/C15H28N2O/c1-11-6-8-17(10-12(11)9-16)14(18)13-5-4-7-15(13,2)3/h11-13H,4-10,16H2,1-3H3. The van der Waals surface area contributed by atoms with Crippen molar-refractivity contribution in [3.8, 4) is 0 Å². The highest BCUT2D eigenvalue weighted by Crippen LogP contribution is 2.43. The number of amides is 1. The molecule has 1 amide bonds. The van der Waals surface area contributed by atoms with Crippen molar-refractivity contribution in [3.63, 3.8) is 0 Å². The molecule has 3 heteroatoms. The fourth-order valence-electron chi connectivity index (χ4n) is 3.66. The van der Waals surface area contributed by atoms with Crippen LogP contribution in [-0.2, 0) is 4.79 Å². The highest BCUT2D eigenvalue weighted by Gasteiger charge is 2.42. The molecule has 1 aliphatic carbocycles. The smallest absolute Gasteiger partial charge is 0.226 e. The Balaban J connectivity index is 2.01. The summed E-state index contributed by atoms with van der Waals surface area (Å²) in [6, 6.07) is 0. The van der Waals surface area contributed by atoms with Crippen molar-refractivity contribution in [2.45, 2.75) is 46.5 Å². The van der Waals surface area contributed by atoms with E-state index in [9.17, 15) is 4.79 Å². The van der Waals surface area contributed by atoms with Crippen LogP contribution >= 0.6 is 0 Å². The third-order valence-corrected chi connectivity index (χ3v) is 5.28. The molecule has 0 aromatic rings. The molecule has 2 rings (SSSR count). The van der Waals surface area contributed by atoms with Gasteiger partial charge in [-0.05, 0) is 43.1 Å². The summed E-state index contributed by atoms with van der Waals surface area (Å²) in [5, 5.41) is 0. The van der Waals surface area contributed by atoms with Crippen molar-refractivity contribution in [2.24, 2.45) is 28.9 Å². The predicted molar refractivity (Wildman–Crippen MR) is 74.0 cm³/mol. The second-order valence-electron chi connectivity index (χ2n) is 6.98. The van der Waals surface area contributed by atoms with Crippen LogP contribution in [0.25, 0.3) is 0 Å². The molecule has 18 heavy (non-hydrogen) atoms. The Kier molecular flexibility index (Phi) is 4.00. The van der Waals surface area contributed by atoms with Crippen molar-refractivity contribution in [3.05, 3.63) is 0 Å². The van der Waals surface area contributed by atoms with Crippen LogP contribution in [0.4, 0.5) is 0 Å². The number of carbonyl (C=O) groups is 1. The maximum Gasteiger partial charge on any atom is 0.226 e. The zero-order chi connectivity index (χ0) is 13.3. The first kappa shape index (κ1) is 13.9. The van der Waals surface area contributed by atoms with Gasteiger partial charge in [-0.1, -0.05) is 27.2 Å². The first-order valence-electron chi connectivity index (χ1n) is 7.44. The van der Waals surface area contributed by atoms with Gasteiger partial charge in [0.1, 0.15) is 0 Å². The number of hydrogen-bond donors (Lipinski definition) is 1. The lowest BCUT2D eigenvalue weighted by Crippen LogP contribution is -2.48. The summed E-state index contributed by atoms with van der Waals surface area (Å²) < 4.78 is 0. The van der Waals surface area contributed by atoms with Gasteiger partial charge in [-0.2, -0.15) is 0 Å². The topological polar surface area (TPSA) is 46.3 Å². The molecule has 2 aliphatic rings. The Morgan fingerprint density at radius 1 is 1.39 bits per heavy atom. The third-order valence-electron chi connectivity index (χ3n) is 5.28. The van der Waals surface area contributed by atoms with E-state index in [1.807, 2.05) is 0 Å². The van der Waals surface area contributed by atoms with E-state index in [-0.39, 0.29) is 11.3 Å². The Morgan fingerprint density at radius 3 is 2.67 bits per heavy atom. The minimum Gasteiger partial charge on any atom is -0.342 e. The van der Waals surface area contributed by atoms with Gasteiger partial charge in [0.15, 0.2) is 0 Å². The molecule has 3 unspecified atom stereocenters. The molecule has 2 N–H and O–H groups in total. The Morgan fingerprint density at radius 2 is 2.11 bits per heavy atom. The van der Waals surface area contributed by atoms with E-state index < -0.39 is 0 Å². The van der Waals surface area contributed by atoms with Gasteiger partial charge in [-0.15, -0.1) is 0 Å². The molecule has 1 saturated carbocycles. The highest BCUT2D eigenvalue weighted by molar-refractivity contribution is 5.80. The van der Waals surface area contributed by atoms with Crippen molar-refractivity contribution >= 4 is 5.91 Å². The summed E-state index contributed by atoms with van der Waals surface area (Å²) in [5.74, 6) is 1.79. The lowest BCUT2D eigenvalue weighted by molar-refractivity contribution is -0.140. The van der Waals surface area contributed by atoms with Gasteiger partial charge in [0.2, 0.25) is 5.91 Å². The van der Waals surface area contributed by atoms with Crippen molar-refractivity contribution in [1.82, 2.24) is 4.90 Å². The first-order valence-corrected chi connectivity index (χ1v) is 7.44. The first-order chi connectivity index (χ1) is 8.45. The summed E-state index contributed by atoms with van der Waals surface area (Å²) in [5.41, 5.74) is 6.02. The van der Waals surface area contributed by atoms with Crippen LogP contribution in [-0.4, -0.2) is 30.4 Å². The molecule has 3 atom stereocenters. The number of hydrogen-bond acceptors (Lipinski definition) is 2. The Labute approximate surface area is 111 Å². The predicted octanol–water partition coefficient (Wildman–Crippen LogP) is 2.26. The van der Waals surface area contributed by atoms with Crippen LogP contribution in [0.1, 0.15) is 46.5 Å². The van der Waals surface area contributed by atoms with Crippen LogP contribution in [0.3, 0.4) is 0 Å². The van der Waals surface area contributed by atoms with Gasteiger partial charge in [0, 0.05) is 19.0 Å². The lowest BCUT2D eigenvalue weighted by atomic mass is 9.80. The van der Waals surface area contributed by atoms with E-state index >= 15 is 0 Å². The van der Waals surface area contributed by atoms with Gasteiger partial charge >= 0.3 is 0 Å². The number of carbonyl (C=O) groups excluding carboxylic acids is 1. The average molecular weight is 252 g/mol. The lowest BCUT2D eigenvalue weighted by Gasteiger charge is -2.39. The van der Waals surface area contributed by atoms with Gasteiger partial charge in [0.05, 0.1) is 0 Å². The monoisotopic (exact) mass is 252 g/mol. The van der Waals surface area contributed by atoms with Gasteiger partial charge in [-0.25, -0.2) is 0 Å². The number of nitrogens with zero attached hydrogens (tertiary/aromatic N) is 1. The van der Waals surface area contributed by atoms with Crippen molar-refractivity contribution in [1.29, 1.82) is 0 Å². The fraction of sp³-hybridized carbons (Fsp3) is 0.933. The second-order valence-corrected chi connectivity index (χ2v) is 6.98. The van der Waals surface area contributed by atoms with E-state index in [0.29, 0.717) is 24.3 Å². The molecule has 0 spiro atoms. The Bertz CT molecular complexity index is 314. The molecule has 2 fully saturated rings. The van der Waals surface area contributed by atoms with Crippen molar-refractivity contribution in [2.75, 3.05) is 19.6 Å². The van der Waals surface area contributed by atoms with Crippen LogP contribution in [0.2, 0.25) is 0 Å². The minimum absolute atomic E-state index is 0.193. The van der Waals surface area contributed by atoms with E-state index in [1.54, 1.807) is 0 Å². The second kappa shape index (κ2) is 5.20. The van der Waals surface area contributed by atoms with E-state index in [1.165, 1.54) is 12.8 Å². The number of piperidine rings is 1. The molecule has 3 nitrogen and oxygen atoms in total.